The van der Waals surface area contributed by atoms with Crippen LogP contribution >= 0.6 is 22.6 Å². The molecule has 0 saturated carbocycles. The monoisotopic (exact) mass is 212 g/mol. The van der Waals surface area contributed by atoms with Crippen LogP contribution in [0.4, 0.5) is 0 Å². The zero-order valence-electron chi connectivity index (χ0n) is 4.53. The molecule has 0 aromatic heterocycles. The Morgan fingerprint density at radius 1 is 1.86 bits per heavy atom. The van der Waals surface area contributed by atoms with Gasteiger partial charge in [-0.2, -0.15) is 5.10 Å². The van der Waals surface area contributed by atoms with Crippen molar-refractivity contribution in [3.05, 3.63) is 0 Å². The van der Waals surface area contributed by atoms with E-state index in [9.17, 15) is 0 Å². The average Bonchev–Trinajstić information content (AvgIpc) is 1.61. The summed E-state index contributed by atoms with van der Waals surface area (Å²) in [5.74, 6) is 0. The van der Waals surface area contributed by atoms with Crippen molar-refractivity contribution >= 4 is 26.3 Å². The van der Waals surface area contributed by atoms with Crippen LogP contribution in [0.15, 0.2) is 5.10 Å². The normalized spacial score (nSPS) is 11.6. The van der Waals surface area contributed by atoms with Crippen LogP contribution in [0.5, 0.6) is 0 Å². The van der Waals surface area contributed by atoms with Crippen molar-refractivity contribution < 1.29 is 0 Å². The number of hydrogen-bond donors (Lipinski definition) is 1. The highest BCUT2D eigenvalue weighted by molar-refractivity contribution is 14.1. The highest BCUT2D eigenvalue weighted by atomic mass is 127. The second-order valence-electron chi connectivity index (χ2n) is 1.12. The van der Waals surface area contributed by atoms with Crippen LogP contribution in [0.25, 0.3) is 0 Å². The Labute approximate surface area is 57.5 Å². The fourth-order valence-electron chi connectivity index (χ4n) is 0.188. The van der Waals surface area contributed by atoms with Gasteiger partial charge in [0, 0.05) is 6.54 Å². The zero-order valence-corrected chi connectivity index (χ0v) is 6.69. The van der Waals surface area contributed by atoms with Crippen LogP contribution in [-0.2, 0) is 0 Å². The van der Waals surface area contributed by atoms with Gasteiger partial charge in [-0.3, -0.25) is 0 Å². The van der Waals surface area contributed by atoms with Gasteiger partial charge < -0.3 is 5.43 Å². The van der Waals surface area contributed by atoms with Crippen LogP contribution in [0, 0.1) is 0 Å². The van der Waals surface area contributed by atoms with Crippen molar-refractivity contribution in [1.29, 1.82) is 0 Å². The third-order valence-corrected chi connectivity index (χ3v) is 0.632. The highest BCUT2D eigenvalue weighted by Crippen LogP contribution is 1.83. The van der Waals surface area contributed by atoms with Crippen LogP contribution in [-0.4, -0.2) is 10.3 Å². The van der Waals surface area contributed by atoms with E-state index in [-0.39, 0.29) is 0 Å². The second-order valence-corrected chi connectivity index (χ2v) is 2.68. The van der Waals surface area contributed by atoms with Gasteiger partial charge in [0.15, 0.2) is 0 Å². The molecule has 7 heavy (non-hydrogen) atoms. The first-order chi connectivity index (χ1) is 3.27. The third kappa shape index (κ3) is 6.20. The van der Waals surface area contributed by atoms with Crippen molar-refractivity contribution in [2.75, 3.05) is 6.54 Å². The number of hydrazone groups is 1. The van der Waals surface area contributed by atoms with Crippen LogP contribution in [0.3, 0.4) is 0 Å². The van der Waals surface area contributed by atoms with Gasteiger partial charge in [0.2, 0.25) is 0 Å². The Hall–Kier alpha value is 0.200. The first-order valence-electron chi connectivity index (χ1n) is 2.20. The Bertz CT molecular complexity index is 66.1. The lowest BCUT2D eigenvalue weighted by Crippen LogP contribution is -2.03. The van der Waals surface area contributed by atoms with Gasteiger partial charge >= 0.3 is 0 Å². The molecule has 0 bridgehead atoms. The van der Waals surface area contributed by atoms with Crippen LogP contribution < -0.4 is 5.43 Å². The first-order valence-corrected chi connectivity index (χ1v) is 3.28. The van der Waals surface area contributed by atoms with Crippen molar-refractivity contribution in [3.8, 4) is 0 Å². The van der Waals surface area contributed by atoms with E-state index in [1.54, 1.807) is 0 Å². The van der Waals surface area contributed by atoms with E-state index < -0.39 is 0 Å². The van der Waals surface area contributed by atoms with E-state index in [1.807, 2.05) is 13.8 Å². The molecule has 0 radical (unpaired) electrons. The lowest BCUT2D eigenvalue weighted by Gasteiger charge is -1.89. The van der Waals surface area contributed by atoms with Gasteiger partial charge in [-0.05, 0) is 36.4 Å². The predicted molar refractivity (Wildman–Crippen MR) is 40.8 cm³/mol. The number of hydrogen-bond acceptors (Lipinski definition) is 2. The van der Waals surface area contributed by atoms with E-state index in [2.05, 4.69) is 33.1 Å². The summed E-state index contributed by atoms with van der Waals surface area (Å²) in [6, 6.07) is 0. The molecule has 0 aromatic carbocycles. The molecule has 0 saturated heterocycles. The summed E-state index contributed by atoms with van der Waals surface area (Å²) in [7, 11) is 0. The summed E-state index contributed by atoms with van der Waals surface area (Å²) in [4.78, 5) is 0. The molecule has 0 heterocycles. The molecule has 0 aromatic rings. The van der Waals surface area contributed by atoms with E-state index in [4.69, 9.17) is 0 Å². The largest absolute Gasteiger partial charge is 0.310 e. The fourth-order valence-corrected chi connectivity index (χ4v) is 0.359. The van der Waals surface area contributed by atoms with E-state index in [0.29, 0.717) is 0 Å². The Balaban J connectivity index is 3.08. The maximum atomic E-state index is 3.90. The molecule has 0 fully saturated rings. The Morgan fingerprint density at radius 3 is 2.57 bits per heavy atom. The molecule has 0 aliphatic heterocycles. The summed E-state index contributed by atoms with van der Waals surface area (Å²) < 4.78 is 1.04. The quantitative estimate of drug-likeness (QED) is 0.417. The smallest absolute Gasteiger partial charge is 0.0951 e. The topological polar surface area (TPSA) is 24.4 Å². The van der Waals surface area contributed by atoms with E-state index >= 15 is 0 Å². The SMILES string of the molecule is CCN/N=C(\C)I. The minimum atomic E-state index is 0.903. The molecule has 0 unspecified atom stereocenters. The molecule has 3 heteroatoms. The summed E-state index contributed by atoms with van der Waals surface area (Å²) in [6.07, 6.45) is 0. The molecular weight excluding hydrogens is 203 g/mol. The summed E-state index contributed by atoms with van der Waals surface area (Å²) in [5, 5.41) is 3.90. The molecule has 2 nitrogen and oxygen atoms in total. The Morgan fingerprint density at radius 2 is 2.43 bits per heavy atom. The minimum absolute atomic E-state index is 0.903. The molecule has 0 amide bonds. The van der Waals surface area contributed by atoms with Crippen LogP contribution in [0.2, 0.25) is 0 Å². The molecular formula is C4H9IN2. The molecule has 42 valence electrons. The lowest BCUT2D eigenvalue weighted by atomic mass is 10.8. The molecule has 0 spiro atoms. The second kappa shape index (κ2) is 4.36. The maximum absolute atomic E-state index is 3.90. The van der Waals surface area contributed by atoms with Gasteiger partial charge in [0.25, 0.3) is 0 Å². The highest BCUT2D eigenvalue weighted by Gasteiger charge is 1.73. The van der Waals surface area contributed by atoms with Gasteiger partial charge in [0.1, 0.15) is 0 Å². The predicted octanol–water partition coefficient (Wildman–Crippen LogP) is 1.36. The van der Waals surface area contributed by atoms with Gasteiger partial charge in [-0.15, -0.1) is 0 Å². The number of rotatable bonds is 2. The standard InChI is InChI=1S/C4H9IN2/c1-3-6-7-4(2)5/h6H,3H2,1-2H3/b7-4+. The molecule has 0 rings (SSSR count). The third-order valence-electron chi connectivity index (χ3n) is 0.391. The van der Waals surface area contributed by atoms with Gasteiger partial charge in [-0.25, -0.2) is 0 Å². The van der Waals surface area contributed by atoms with Crippen molar-refractivity contribution in [2.45, 2.75) is 13.8 Å². The average molecular weight is 212 g/mol. The molecule has 1 N–H and O–H groups in total. The maximum Gasteiger partial charge on any atom is 0.0951 e. The van der Waals surface area contributed by atoms with E-state index in [0.717, 1.165) is 10.3 Å². The number of nitrogens with one attached hydrogen (secondary N) is 1. The minimum Gasteiger partial charge on any atom is -0.310 e. The van der Waals surface area contributed by atoms with Crippen molar-refractivity contribution in [1.82, 2.24) is 5.43 Å². The van der Waals surface area contributed by atoms with E-state index in [1.165, 1.54) is 0 Å². The van der Waals surface area contributed by atoms with Crippen molar-refractivity contribution in [3.63, 3.8) is 0 Å². The fraction of sp³-hybridized carbons (Fsp3) is 0.750. The van der Waals surface area contributed by atoms with Crippen molar-refractivity contribution in [2.24, 2.45) is 5.10 Å². The molecule has 0 aliphatic carbocycles. The number of halogens is 1. The lowest BCUT2D eigenvalue weighted by molar-refractivity contribution is 0.786. The summed E-state index contributed by atoms with van der Waals surface area (Å²) in [6.45, 7) is 4.87. The number of nitrogens with zero attached hydrogens (tertiary/aromatic N) is 1. The van der Waals surface area contributed by atoms with Crippen LogP contribution in [0.1, 0.15) is 13.8 Å². The summed E-state index contributed by atoms with van der Waals surface area (Å²) >= 11 is 2.15. The van der Waals surface area contributed by atoms with Gasteiger partial charge in [-0.1, -0.05) is 0 Å². The molecule has 0 atom stereocenters. The zero-order chi connectivity index (χ0) is 5.70. The summed E-state index contributed by atoms with van der Waals surface area (Å²) in [5.41, 5.74) is 2.83. The Kier molecular flexibility index (Phi) is 4.49. The van der Waals surface area contributed by atoms with Gasteiger partial charge in [0.05, 0.1) is 3.72 Å². The molecule has 0 aliphatic rings. The first kappa shape index (κ1) is 7.20.